The lowest BCUT2D eigenvalue weighted by molar-refractivity contribution is -0.137. The topological polar surface area (TPSA) is 82.5 Å². The number of hydrogen-bond acceptors (Lipinski definition) is 4. The monoisotopic (exact) mass is 271 g/mol. The van der Waals surface area contributed by atoms with E-state index in [2.05, 4.69) is 10.3 Å². The van der Waals surface area contributed by atoms with E-state index in [4.69, 9.17) is 5.11 Å². The standard InChI is InChI=1S/C11H17N3O3S/c1-4-14(5-9(15)16)11(17)13-8(3)10-12-7(2)6-18-10/h6,8H,4-5H2,1-3H3,(H,13,17)(H,15,16). The molecule has 2 amide bonds. The number of aromatic nitrogens is 1. The number of likely N-dealkylation sites (N-methyl/N-ethyl adjacent to an activating group) is 1. The second-order valence-corrected chi connectivity index (χ2v) is 4.80. The molecule has 0 spiro atoms. The van der Waals surface area contributed by atoms with Crippen molar-refractivity contribution in [3.63, 3.8) is 0 Å². The van der Waals surface area contributed by atoms with Crippen molar-refractivity contribution in [2.75, 3.05) is 13.1 Å². The number of nitrogens with zero attached hydrogens (tertiary/aromatic N) is 2. The molecular formula is C11H17N3O3S. The van der Waals surface area contributed by atoms with Crippen LogP contribution in [0.2, 0.25) is 0 Å². The maximum atomic E-state index is 11.8. The first-order chi connectivity index (χ1) is 8.43. The van der Waals surface area contributed by atoms with Gasteiger partial charge in [-0.3, -0.25) is 4.79 Å². The number of urea groups is 1. The zero-order chi connectivity index (χ0) is 13.7. The van der Waals surface area contributed by atoms with E-state index in [0.717, 1.165) is 10.7 Å². The number of thiazole rings is 1. The third kappa shape index (κ3) is 3.99. The number of carboxylic acids is 1. The van der Waals surface area contributed by atoms with Crippen molar-refractivity contribution in [1.29, 1.82) is 0 Å². The van der Waals surface area contributed by atoms with Crippen LogP contribution in [0.4, 0.5) is 4.79 Å². The molecule has 0 aliphatic carbocycles. The molecule has 2 N–H and O–H groups in total. The van der Waals surface area contributed by atoms with Crippen LogP contribution in [0.25, 0.3) is 0 Å². The van der Waals surface area contributed by atoms with Gasteiger partial charge in [-0.25, -0.2) is 9.78 Å². The Morgan fingerprint density at radius 1 is 1.61 bits per heavy atom. The van der Waals surface area contributed by atoms with Gasteiger partial charge in [0.1, 0.15) is 11.6 Å². The van der Waals surface area contributed by atoms with Crippen LogP contribution in [-0.2, 0) is 4.79 Å². The smallest absolute Gasteiger partial charge is 0.323 e. The number of carbonyl (C=O) groups excluding carboxylic acids is 1. The van der Waals surface area contributed by atoms with Gasteiger partial charge in [0, 0.05) is 17.6 Å². The maximum Gasteiger partial charge on any atom is 0.323 e. The van der Waals surface area contributed by atoms with Crippen molar-refractivity contribution in [2.45, 2.75) is 26.8 Å². The summed E-state index contributed by atoms with van der Waals surface area (Å²) in [6.45, 7) is 5.50. The van der Waals surface area contributed by atoms with E-state index in [1.807, 2.05) is 19.2 Å². The van der Waals surface area contributed by atoms with Crippen LogP contribution in [-0.4, -0.2) is 40.1 Å². The molecule has 0 aromatic carbocycles. The Morgan fingerprint density at radius 2 is 2.28 bits per heavy atom. The lowest BCUT2D eigenvalue weighted by Gasteiger charge is -2.21. The Morgan fingerprint density at radius 3 is 2.72 bits per heavy atom. The van der Waals surface area contributed by atoms with E-state index in [1.165, 1.54) is 16.2 Å². The summed E-state index contributed by atoms with van der Waals surface area (Å²) in [6.07, 6.45) is 0. The summed E-state index contributed by atoms with van der Waals surface area (Å²) in [7, 11) is 0. The molecule has 6 nitrogen and oxygen atoms in total. The number of amides is 2. The van der Waals surface area contributed by atoms with Crippen molar-refractivity contribution in [3.8, 4) is 0 Å². The van der Waals surface area contributed by atoms with Gasteiger partial charge >= 0.3 is 12.0 Å². The summed E-state index contributed by atoms with van der Waals surface area (Å²) in [6, 6.07) is -0.612. The van der Waals surface area contributed by atoms with E-state index in [9.17, 15) is 9.59 Å². The molecule has 1 rings (SSSR count). The number of aliphatic carboxylic acids is 1. The lowest BCUT2D eigenvalue weighted by Crippen LogP contribution is -2.43. The second kappa shape index (κ2) is 6.34. The van der Waals surface area contributed by atoms with Crippen molar-refractivity contribution >= 4 is 23.3 Å². The highest BCUT2D eigenvalue weighted by Gasteiger charge is 2.18. The predicted octanol–water partition coefficient (Wildman–Crippen LogP) is 1.63. The summed E-state index contributed by atoms with van der Waals surface area (Å²) in [5, 5.41) is 14.1. The van der Waals surface area contributed by atoms with E-state index < -0.39 is 5.97 Å². The first-order valence-corrected chi connectivity index (χ1v) is 6.51. The lowest BCUT2D eigenvalue weighted by atomic mass is 10.3. The average Bonchev–Trinajstić information content (AvgIpc) is 2.72. The number of carboxylic acid groups (broad SMARTS) is 1. The zero-order valence-corrected chi connectivity index (χ0v) is 11.5. The molecule has 0 saturated heterocycles. The Hall–Kier alpha value is -1.63. The highest BCUT2D eigenvalue weighted by atomic mass is 32.1. The minimum Gasteiger partial charge on any atom is -0.480 e. The minimum absolute atomic E-state index is 0.223. The molecule has 0 radical (unpaired) electrons. The minimum atomic E-state index is -1.02. The third-order valence-electron chi connectivity index (χ3n) is 2.34. The molecule has 100 valence electrons. The summed E-state index contributed by atoms with van der Waals surface area (Å²) >= 11 is 1.47. The summed E-state index contributed by atoms with van der Waals surface area (Å²) in [5.74, 6) is -1.02. The number of carbonyl (C=O) groups is 2. The van der Waals surface area contributed by atoms with E-state index in [1.54, 1.807) is 6.92 Å². The normalized spacial score (nSPS) is 11.9. The quantitative estimate of drug-likeness (QED) is 0.852. The predicted molar refractivity (Wildman–Crippen MR) is 68.7 cm³/mol. The van der Waals surface area contributed by atoms with Gasteiger partial charge in [0.25, 0.3) is 0 Å². The van der Waals surface area contributed by atoms with Crippen LogP contribution >= 0.6 is 11.3 Å². The van der Waals surface area contributed by atoms with Gasteiger partial charge in [-0.1, -0.05) is 0 Å². The fourth-order valence-corrected chi connectivity index (χ4v) is 2.20. The van der Waals surface area contributed by atoms with Crippen LogP contribution in [0.5, 0.6) is 0 Å². The Bertz CT molecular complexity index is 433. The third-order valence-corrected chi connectivity index (χ3v) is 3.49. The first-order valence-electron chi connectivity index (χ1n) is 5.63. The van der Waals surface area contributed by atoms with Crippen LogP contribution in [0.1, 0.15) is 30.6 Å². The van der Waals surface area contributed by atoms with Gasteiger partial charge in [-0.05, 0) is 20.8 Å². The second-order valence-electron chi connectivity index (χ2n) is 3.91. The van der Waals surface area contributed by atoms with Gasteiger partial charge in [0.05, 0.1) is 6.04 Å². The van der Waals surface area contributed by atoms with Crippen LogP contribution in [0, 0.1) is 6.92 Å². The van der Waals surface area contributed by atoms with Crippen LogP contribution in [0.3, 0.4) is 0 Å². The maximum absolute atomic E-state index is 11.8. The van der Waals surface area contributed by atoms with Crippen molar-refractivity contribution < 1.29 is 14.7 Å². The summed E-state index contributed by atoms with van der Waals surface area (Å²) in [5.41, 5.74) is 0.911. The van der Waals surface area contributed by atoms with E-state index in [-0.39, 0.29) is 18.6 Å². The summed E-state index contributed by atoms with van der Waals surface area (Å²) < 4.78 is 0. The Balaban J connectivity index is 2.60. The molecule has 18 heavy (non-hydrogen) atoms. The molecule has 1 atom stereocenters. The van der Waals surface area contributed by atoms with Gasteiger partial charge in [0.15, 0.2) is 0 Å². The molecule has 1 aromatic heterocycles. The van der Waals surface area contributed by atoms with Gasteiger partial charge in [0.2, 0.25) is 0 Å². The largest absolute Gasteiger partial charge is 0.480 e. The zero-order valence-electron chi connectivity index (χ0n) is 10.6. The molecule has 0 fully saturated rings. The number of nitrogens with one attached hydrogen (secondary N) is 1. The molecule has 0 aliphatic heterocycles. The number of rotatable bonds is 5. The fourth-order valence-electron chi connectivity index (χ4n) is 1.40. The average molecular weight is 271 g/mol. The molecule has 0 aliphatic rings. The highest BCUT2D eigenvalue weighted by molar-refractivity contribution is 7.09. The van der Waals surface area contributed by atoms with Crippen LogP contribution < -0.4 is 5.32 Å². The Labute approximate surface area is 110 Å². The molecule has 1 heterocycles. The fraction of sp³-hybridized carbons (Fsp3) is 0.545. The van der Waals surface area contributed by atoms with Crippen molar-refractivity contribution in [3.05, 3.63) is 16.1 Å². The Kier molecular flexibility index (Phi) is 5.08. The molecule has 0 bridgehead atoms. The number of aryl methyl sites for hydroxylation is 1. The molecular weight excluding hydrogens is 254 g/mol. The SMILES string of the molecule is CCN(CC(=O)O)C(=O)NC(C)c1nc(C)cs1. The first kappa shape index (κ1) is 14.4. The summed E-state index contributed by atoms with van der Waals surface area (Å²) in [4.78, 5) is 27.9. The molecule has 7 heteroatoms. The van der Waals surface area contributed by atoms with Gasteiger partial charge in [-0.15, -0.1) is 11.3 Å². The van der Waals surface area contributed by atoms with Crippen molar-refractivity contribution in [2.24, 2.45) is 0 Å². The van der Waals surface area contributed by atoms with E-state index in [0.29, 0.717) is 6.54 Å². The van der Waals surface area contributed by atoms with Gasteiger partial charge < -0.3 is 15.3 Å². The highest BCUT2D eigenvalue weighted by Crippen LogP contribution is 2.17. The van der Waals surface area contributed by atoms with Crippen LogP contribution in [0.15, 0.2) is 5.38 Å². The molecule has 1 unspecified atom stereocenters. The molecule has 0 saturated carbocycles. The van der Waals surface area contributed by atoms with Gasteiger partial charge in [-0.2, -0.15) is 0 Å². The number of hydrogen-bond donors (Lipinski definition) is 2. The molecule has 1 aromatic rings. The van der Waals surface area contributed by atoms with Crippen molar-refractivity contribution in [1.82, 2.24) is 15.2 Å². The van der Waals surface area contributed by atoms with E-state index >= 15 is 0 Å².